The van der Waals surface area contributed by atoms with Crippen LogP contribution in [0, 0.1) is 12.8 Å². The summed E-state index contributed by atoms with van der Waals surface area (Å²) < 4.78 is 5.60. The molecule has 136 valence electrons. The molecule has 0 bridgehead atoms. The number of rotatable bonds is 6. The standard InChI is InChI=1S/C20H21NO5/c1-12-17-15(22)8-5-9-16(17)26-18(12)19(23)21-11-14(20(24)25)10-13-6-3-2-4-7-13/h2-4,6-7,14H,5,8-11H2,1H3,(H,21,23)(H,24,25). The van der Waals surface area contributed by atoms with E-state index in [1.165, 1.54) is 0 Å². The summed E-state index contributed by atoms with van der Waals surface area (Å²) in [6.07, 6.45) is 2.15. The number of benzene rings is 1. The van der Waals surface area contributed by atoms with Gasteiger partial charge in [-0.15, -0.1) is 0 Å². The van der Waals surface area contributed by atoms with E-state index in [4.69, 9.17) is 4.42 Å². The molecule has 1 aliphatic carbocycles. The molecule has 1 aromatic heterocycles. The van der Waals surface area contributed by atoms with Crippen LogP contribution in [-0.2, 0) is 17.6 Å². The molecule has 0 saturated carbocycles. The first kappa shape index (κ1) is 17.9. The molecule has 1 amide bonds. The van der Waals surface area contributed by atoms with Crippen LogP contribution in [0.1, 0.15) is 50.6 Å². The maximum Gasteiger partial charge on any atom is 0.308 e. The molecule has 1 aliphatic rings. The van der Waals surface area contributed by atoms with Crippen molar-refractivity contribution in [2.24, 2.45) is 5.92 Å². The first-order chi connectivity index (χ1) is 12.5. The highest BCUT2D eigenvalue weighted by molar-refractivity contribution is 6.03. The number of fused-ring (bicyclic) bond motifs is 1. The van der Waals surface area contributed by atoms with E-state index in [2.05, 4.69) is 5.32 Å². The van der Waals surface area contributed by atoms with E-state index in [1.54, 1.807) is 6.92 Å². The van der Waals surface area contributed by atoms with Gasteiger partial charge in [0.2, 0.25) is 0 Å². The highest BCUT2D eigenvalue weighted by Gasteiger charge is 2.29. The third-order valence-corrected chi connectivity index (χ3v) is 4.70. The maximum atomic E-state index is 12.5. The van der Waals surface area contributed by atoms with Crippen LogP contribution in [0.5, 0.6) is 0 Å². The van der Waals surface area contributed by atoms with Gasteiger partial charge in [0, 0.05) is 24.9 Å². The fourth-order valence-corrected chi connectivity index (χ4v) is 3.31. The predicted octanol–water partition coefficient (Wildman–Crippen LogP) is 2.78. The van der Waals surface area contributed by atoms with Crippen molar-refractivity contribution < 1.29 is 23.9 Å². The Morgan fingerprint density at radius 1 is 1.23 bits per heavy atom. The summed E-state index contributed by atoms with van der Waals surface area (Å²) in [5.74, 6) is -1.53. The number of hydrogen-bond donors (Lipinski definition) is 2. The highest BCUT2D eigenvalue weighted by atomic mass is 16.4. The number of ketones is 1. The molecule has 0 fully saturated rings. The molecular formula is C20H21NO5. The van der Waals surface area contributed by atoms with Crippen LogP contribution in [0.25, 0.3) is 0 Å². The quantitative estimate of drug-likeness (QED) is 0.830. The molecule has 0 saturated heterocycles. The minimum Gasteiger partial charge on any atom is -0.481 e. The largest absolute Gasteiger partial charge is 0.481 e. The van der Waals surface area contributed by atoms with Gasteiger partial charge in [0.15, 0.2) is 11.5 Å². The number of hydrogen-bond acceptors (Lipinski definition) is 4. The number of carbonyl (C=O) groups is 3. The smallest absolute Gasteiger partial charge is 0.308 e. The second kappa shape index (κ2) is 7.56. The lowest BCUT2D eigenvalue weighted by Gasteiger charge is -2.13. The van der Waals surface area contributed by atoms with Crippen LogP contribution in [-0.4, -0.2) is 29.3 Å². The third-order valence-electron chi connectivity index (χ3n) is 4.70. The van der Waals surface area contributed by atoms with Crippen molar-refractivity contribution in [3.8, 4) is 0 Å². The van der Waals surface area contributed by atoms with Crippen molar-refractivity contribution in [2.45, 2.75) is 32.6 Å². The van der Waals surface area contributed by atoms with Gasteiger partial charge in [-0.2, -0.15) is 0 Å². The van der Waals surface area contributed by atoms with Crippen molar-refractivity contribution in [3.05, 3.63) is 58.5 Å². The number of aliphatic carboxylic acids is 1. The van der Waals surface area contributed by atoms with Gasteiger partial charge in [0.25, 0.3) is 5.91 Å². The zero-order chi connectivity index (χ0) is 18.7. The molecule has 6 heteroatoms. The van der Waals surface area contributed by atoms with Gasteiger partial charge in [-0.3, -0.25) is 14.4 Å². The van der Waals surface area contributed by atoms with Crippen LogP contribution in [0.3, 0.4) is 0 Å². The molecule has 0 aliphatic heterocycles. The summed E-state index contributed by atoms with van der Waals surface area (Å²) in [7, 11) is 0. The zero-order valence-electron chi connectivity index (χ0n) is 14.6. The summed E-state index contributed by atoms with van der Waals surface area (Å²) in [6.45, 7) is 1.68. The predicted molar refractivity (Wildman–Crippen MR) is 94.3 cm³/mol. The van der Waals surface area contributed by atoms with Crippen molar-refractivity contribution in [3.63, 3.8) is 0 Å². The Hall–Kier alpha value is -2.89. The molecule has 0 radical (unpaired) electrons. The first-order valence-corrected chi connectivity index (χ1v) is 8.67. The highest BCUT2D eigenvalue weighted by Crippen LogP contribution is 2.29. The van der Waals surface area contributed by atoms with Crippen LogP contribution < -0.4 is 5.32 Å². The lowest BCUT2D eigenvalue weighted by Crippen LogP contribution is -2.34. The summed E-state index contributed by atoms with van der Waals surface area (Å²) in [5, 5.41) is 12.1. The topological polar surface area (TPSA) is 96.6 Å². The molecule has 1 heterocycles. The molecule has 2 N–H and O–H groups in total. The number of carboxylic acid groups (broad SMARTS) is 1. The molecule has 3 rings (SSSR count). The monoisotopic (exact) mass is 355 g/mol. The Labute approximate surface area is 151 Å². The minimum atomic E-state index is -0.972. The number of aryl methyl sites for hydroxylation is 1. The van der Waals surface area contributed by atoms with E-state index < -0.39 is 17.8 Å². The Morgan fingerprint density at radius 3 is 2.62 bits per heavy atom. The summed E-state index contributed by atoms with van der Waals surface area (Å²) in [6, 6.07) is 9.27. The Balaban J connectivity index is 1.69. The van der Waals surface area contributed by atoms with Crippen LogP contribution in [0.4, 0.5) is 0 Å². The number of Topliss-reactive ketones (excluding diaryl/α,β-unsaturated/α-hetero) is 1. The summed E-state index contributed by atoms with van der Waals surface area (Å²) in [4.78, 5) is 36.0. The van der Waals surface area contributed by atoms with E-state index in [-0.39, 0.29) is 18.1 Å². The normalized spacial score (nSPS) is 14.6. The molecule has 26 heavy (non-hydrogen) atoms. The number of carboxylic acids is 1. The molecule has 1 atom stereocenters. The SMILES string of the molecule is Cc1c(C(=O)NCC(Cc2ccccc2)C(=O)O)oc2c1C(=O)CCC2. The van der Waals surface area contributed by atoms with Gasteiger partial charge in [-0.1, -0.05) is 30.3 Å². The van der Waals surface area contributed by atoms with Crippen molar-refractivity contribution in [1.29, 1.82) is 0 Å². The molecular weight excluding hydrogens is 334 g/mol. The van der Waals surface area contributed by atoms with Gasteiger partial charge in [-0.25, -0.2) is 0 Å². The van der Waals surface area contributed by atoms with Gasteiger partial charge in [-0.05, 0) is 25.3 Å². The van der Waals surface area contributed by atoms with Crippen LogP contribution >= 0.6 is 0 Å². The fourth-order valence-electron chi connectivity index (χ4n) is 3.31. The van der Waals surface area contributed by atoms with Gasteiger partial charge in [0.05, 0.1) is 11.5 Å². The fraction of sp³-hybridized carbons (Fsp3) is 0.350. The molecule has 0 spiro atoms. The second-order valence-corrected chi connectivity index (χ2v) is 6.57. The lowest BCUT2D eigenvalue weighted by atomic mass is 9.94. The summed E-state index contributed by atoms with van der Waals surface area (Å²) >= 11 is 0. The zero-order valence-corrected chi connectivity index (χ0v) is 14.6. The van der Waals surface area contributed by atoms with Crippen molar-refractivity contribution >= 4 is 17.7 Å². The Kier molecular flexibility index (Phi) is 5.21. The number of carbonyl (C=O) groups excluding carboxylic acids is 2. The van der Waals surface area contributed by atoms with Gasteiger partial charge >= 0.3 is 5.97 Å². The minimum absolute atomic E-state index is 0.000889. The lowest BCUT2D eigenvalue weighted by molar-refractivity contribution is -0.141. The number of amides is 1. The van der Waals surface area contributed by atoms with E-state index >= 15 is 0 Å². The Morgan fingerprint density at radius 2 is 1.96 bits per heavy atom. The van der Waals surface area contributed by atoms with Crippen LogP contribution in [0.15, 0.2) is 34.7 Å². The molecule has 1 unspecified atom stereocenters. The number of nitrogens with one attached hydrogen (secondary N) is 1. The van der Waals surface area contributed by atoms with E-state index in [0.717, 1.165) is 12.0 Å². The average Bonchev–Trinajstić information content (AvgIpc) is 2.97. The average molecular weight is 355 g/mol. The third kappa shape index (κ3) is 3.69. The van der Waals surface area contributed by atoms with Crippen molar-refractivity contribution in [2.75, 3.05) is 6.54 Å². The maximum absolute atomic E-state index is 12.5. The Bertz CT molecular complexity index is 837. The van der Waals surface area contributed by atoms with Gasteiger partial charge in [0.1, 0.15) is 5.76 Å². The van der Waals surface area contributed by atoms with Crippen molar-refractivity contribution in [1.82, 2.24) is 5.32 Å². The number of furan rings is 1. The first-order valence-electron chi connectivity index (χ1n) is 8.67. The van der Waals surface area contributed by atoms with E-state index in [1.807, 2.05) is 30.3 Å². The second-order valence-electron chi connectivity index (χ2n) is 6.57. The molecule has 2 aromatic rings. The van der Waals surface area contributed by atoms with Crippen LogP contribution in [0.2, 0.25) is 0 Å². The summed E-state index contributed by atoms with van der Waals surface area (Å²) in [5.41, 5.74) is 1.95. The molecule has 1 aromatic carbocycles. The van der Waals surface area contributed by atoms with Gasteiger partial charge < -0.3 is 14.8 Å². The van der Waals surface area contributed by atoms with E-state index in [9.17, 15) is 19.5 Å². The molecule has 6 nitrogen and oxygen atoms in total. The van der Waals surface area contributed by atoms with E-state index in [0.29, 0.717) is 36.1 Å².